The average Bonchev–Trinajstić information content (AvgIpc) is 3.10. The van der Waals surface area contributed by atoms with E-state index in [4.69, 9.17) is 5.11 Å². The molecule has 0 spiro atoms. The number of carbonyl (C=O) groups excluding carboxylic acids is 1. The van der Waals surface area contributed by atoms with Gasteiger partial charge in [-0.2, -0.15) is 0 Å². The number of nitrogens with zero attached hydrogens (tertiary/aromatic N) is 1. The van der Waals surface area contributed by atoms with E-state index < -0.39 is 11.9 Å². The molecule has 0 aromatic carbocycles. The molecule has 0 heterocycles. The van der Waals surface area contributed by atoms with Crippen LogP contribution in [0.15, 0.2) is 0 Å². The van der Waals surface area contributed by atoms with Crippen molar-refractivity contribution in [2.24, 2.45) is 11.8 Å². The largest absolute Gasteiger partial charge is 0.481 e. The molecule has 0 aromatic rings. The van der Waals surface area contributed by atoms with E-state index in [-0.39, 0.29) is 11.8 Å². The zero-order valence-corrected chi connectivity index (χ0v) is 11.0. The van der Waals surface area contributed by atoms with Gasteiger partial charge < -0.3 is 10.0 Å². The Morgan fingerprint density at radius 3 is 2.18 bits per heavy atom. The first-order valence-corrected chi connectivity index (χ1v) is 6.54. The maximum absolute atomic E-state index is 12.3. The summed E-state index contributed by atoms with van der Waals surface area (Å²) in [6.07, 6.45) is 3.72. The van der Waals surface area contributed by atoms with E-state index in [1.54, 1.807) is 11.8 Å². The van der Waals surface area contributed by atoms with Gasteiger partial charge in [-0.3, -0.25) is 9.59 Å². The van der Waals surface area contributed by atoms with Gasteiger partial charge in [0.1, 0.15) is 0 Å². The predicted octanol–water partition coefficient (Wildman–Crippen LogP) is 2.13. The van der Waals surface area contributed by atoms with Crippen molar-refractivity contribution in [2.45, 2.75) is 52.5 Å². The second-order valence-electron chi connectivity index (χ2n) is 4.97. The van der Waals surface area contributed by atoms with Gasteiger partial charge in [-0.25, -0.2) is 0 Å². The highest BCUT2D eigenvalue weighted by Crippen LogP contribution is 2.30. The second kappa shape index (κ2) is 6.03. The first-order valence-electron chi connectivity index (χ1n) is 6.54. The van der Waals surface area contributed by atoms with E-state index in [1.807, 2.05) is 13.8 Å². The average molecular weight is 241 g/mol. The monoisotopic (exact) mass is 241 g/mol. The molecule has 1 unspecified atom stereocenters. The van der Waals surface area contributed by atoms with Crippen LogP contribution in [-0.4, -0.2) is 34.5 Å². The summed E-state index contributed by atoms with van der Waals surface area (Å²) >= 11 is 0. The quantitative estimate of drug-likeness (QED) is 0.743. The van der Waals surface area contributed by atoms with Gasteiger partial charge in [-0.1, -0.05) is 20.8 Å². The van der Waals surface area contributed by atoms with Crippen LogP contribution in [0.5, 0.6) is 0 Å². The van der Waals surface area contributed by atoms with Gasteiger partial charge in [0.15, 0.2) is 0 Å². The number of hydrogen-bond donors (Lipinski definition) is 1. The smallest absolute Gasteiger partial charge is 0.308 e. The molecule has 0 aromatic heterocycles. The highest BCUT2D eigenvalue weighted by molar-refractivity contribution is 5.80. The Hall–Kier alpha value is -1.06. The van der Waals surface area contributed by atoms with E-state index in [0.717, 1.165) is 25.7 Å². The summed E-state index contributed by atoms with van der Waals surface area (Å²) in [5, 5.41) is 8.93. The molecule has 1 fully saturated rings. The number of rotatable bonds is 7. The Kier molecular flexibility index (Phi) is 4.97. The molecule has 0 saturated heterocycles. The Balaban J connectivity index is 2.65. The van der Waals surface area contributed by atoms with Crippen molar-refractivity contribution in [3.05, 3.63) is 0 Å². The summed E-state index contributed by atoms with van der Waals surface area (Å²) in [5.74, 6) is -1.11. The lowest BCUT2D eigenvalue weighted by atomic mass is 10.0. The van der Waals surface area contributed by atoms with E-state index in [9.17, 15) is 9.59 Å². The first kappa shape index (κ1) is 14.0. The normalized spacial score (nSPS) is 16.9. The minimum atomic E-state index is -0.826. The Labute approximate surface area is 103 Å². The van der Waals surface area contributed by atoms with Crippen LogP contribution >= 0.6 is 0 Å². The van der Waals surface area contributed by atoms with Crippen molar-refractivity contribution in [1.82, 2.24) is 4.90 Å². The van der Waals surface area contributed by atoms with Gasteiger partial charge in [0, 0.05) is 18.5 Å². The van der Waals surface area contributed by atoms with Crippen LogP contribution < -0.4 is 0 Å². The molecule has 4 nitrogen and oxygen atoms in total. The van der Waals surface area contributed by atoms with Gasteiger partial charge in [-0.05, 0) is 25.7 Å². The van der Waals surface area contributed by atoms with Gasteiger partial charge in [-0.15, -0.1) is 0 Å². The summed E-state index contributed by atoms with van der Waals surface area (Å²) in [4.78, 5) is 25.0. The fourth-order valence-corrected chi connectivity index (χ4v) is 2.05. The van der Waals surface area contributed by atoms with Crippen LogP contribution in [0, 0.1) is 11.8 Å². The Morgan fingerprint density at radius 2 is 1.82 bits per heavy atom. The molecule has 1 aliphatic carbocycles. The molecule has 0 bridgehead atoms. The molecule has 1 atom stereocenters. The third-order valence-electron chi connectivity index (χ3n) is 3.50. The molecule has 1 N–H and O–H groups in total. The summed E-state index contributed by atoms with van der Waals surface area (Å²) < 4.78 is 0. The number of carboxylic acids is 1. The van der Waals surface area contributed by atoms with E-state index in [2.05, 4.69) is 0 Å². The molecule has 1 saturated carbocycles. The fraction of sp³-hybridized carbons (Fsp3) is 0.846. The lowest BCUT2D eigenvalue weighted by Gasteiger charge is -2.28. The lowest BCUT2D eigenvalue weighted by molar-refractivity contribution is -0.144. The summed E-state index contributed by atoms with van der Waals surface area (Å²) in [6, 6.07) is 0.296. The molecule has 1 aliphatic rings. The van der Waals surface area contributed by atoms with Crippen LogP contribution in [0.2, 0.25) is 0 Å². The first-order chi connectivity index (χ1) is 8.01. The van der Waals surface area contributed by atoms with Crippen LogP contribution in [0.1, 0.15) is 46.5 Å². The van der Waals surface area contributed by atoms with E-state index in [0.29, 0.717) is 12.6 Å². The zero-order chi connectivity index (χ0) is 13.0. The Bertz CT molecular complexity index is 282. The zero-order valence-electron chi connectivity index (χ0n) is 11.0. The second-order valence-corrected chi connectivity index (χ2v) is 4.97. The number of amides is 1. The molecular weight excluding hydrogens is 218 g/mol. The van der Waals surface area contributed by atoms with Crippen LogP contribution in [-0.2, 0) is 9.59 Å². The standard InChI is InChI=1S/C13H23NO3/c1-4-10(5-2)12(15)14(11-6-7-11)8-9(3)13(16)17/h9-11H,4-8H2,1-3H3,(H,16,17). The van der Waals surface area contributed by atoms with Gasteiger partial charge in [0.05, 0.1) is 5.92 Å². The molecule has 1 amide bonds. The maximum Gasteiger partial charge on any atom is 0.308 e. The van der Waals surface area contributed by atoms with Crippen LogP contribution in [0.4, 0.5) is 0 Å². The molecule has 0 aliphatic heterocycles. The third-order valence-corrected chi connectivity index (χ3v) is 3.50. The molecule has 98 valence electrons. The number of aliphatic carboxylic acids is 1. The SMILES string of the molecule is CCC(CC)C(=O)N(CC(C)C(=O)O)C1CC1. The van der Waals surface area contributed by atoms with Crippen molar-refractivity contribution in [3.8, 4) is 0 Å². The fourth-order valence-electron chi connectivity index (χ4n) is 2.05. The van der Waals surface area contributed by atoms with Crippen molar-refractivity contribution in [3.63, 3.8) is 0 Å². The Morgan fingerprint density at radius 1 is 1.29 bits per heavy atom. The highest BCUT2D eigenvalue weighted by atomic mass is 16.4. The summed E-state index contributed by atoms with van der Waals surface area (Å²) in [7, 11) is 0. The van der Waals surface area contributed by atoms with Gasteiger partial charge in [0.2, 0.25) is 5.91 Å². The lowest BCUT2D eigenvalue weighted by Crippen LogP contribution is -2.41. The number of hydrogen-bond acceptors (Lipinski definition) is 2. The van der Waals surface area contributed by atoms with Crippen LogP contribution in [0.25, 0.3) is 0 Å². The van der Waals surface area contributed by atoms with Crippen molar-refractivity contribution >= 4 is 11.9 Å². The molecule has 1 rings (SSSR count). The molecule has 0 radical (unpaired) electrons. The maximum atomic E-state index is 12.3. The van der Waals surface area contributed by atoms with Crippen molar-refractivity contribution in [1.29, 1.82) is 0 Å². The topological polar surface area (TPSA) is 57.6 Å². The van der Waals surface area contributed by atoms with Gasteiger partial charge in [0.25, 0.3) is 0 Å². The van der Waals surface area contributed by atoms with E-state index >= 15 is 0 Å². The molecule has 17 heavy (non-hydrogen) atoms. The number of carbonyl (C=O) groups is 2. The minimum absolute atomic E-state index is 0.0524. The molecule has 4 heteroatoms. The van der Waals surface area contributed by atoms with Crippen molar-refractivity contribution < 1.29 is 14.7 Å². The summed E-state index contributed by atoms with van der Waals surface area (Å²) in [6.45, 7) is 6.04. The van der Waals surface area contributed by atoms with Crippen LogP contribution in [0.3, 0.4) is 0 Å². The summed E-state index contributed by atoms with van der Waals surface area (Å²) in [5.41, 5.74) is 0. The van der Waals surface area contributed by atoms with E-state index in [1.165, 1.54) is 0 Å². The van der Waals surface area contributed by atoms with Gasteiger partial charge >= 0.3 is 5.97 Å². The molecular formula is C13H23NO3. The highest BCUT2D eigenvalue weighted by Gasteiger charge is 2.36. The minimum Gasteiger partial charge on any atom is -0.481 e. The number of carboxylic acid groups (broad SMARTS) is 1. The predicted molar refractivity (Wildman–Crippen MR) is 65.6 cm³/mol. The third kappa shape index (κ3) is 3.72. The van der Waals surface area contributed by atoms with Crippen molar-refractivity contribution in [2.75, 3.05) is 6.54 Å².